The summed E-state index contributed by atoms with van der Waals surface area (Å²) in [7, 11) is 1.81. The van der Waals surface area contributed by atoms with Gasteiger partial charge in [0.2, 0.25) is 0 Å². The van der Waals surface area contributed by atoms with Crippen molar-refractivity contribution >= 4 is 29.9 Å². The fourth-order valence-corrected chi connectivity index (χ4v) is 3.29. The molecule has 25 heavy (non-hydrogen) atoms. The zero-order chi connectivity index (χ0) is 16.8. The molecule has 3 nitrogen and oxygen atoms in total. The number of rotatable bonds is 4. The first-order chi connectivity index (χ1) is 11.8. The second-order valence-corrected chi connectivity index (χ2v) is 6.16. The van der Waals surface area contributed by atoms with E-state index in [9.17, 15) is 4.39 Å². The molecule has 1 atom stereocenters. The van der Waals surface area contributed by atoms with Gasteiger partial charge < -0.3 is 10.2 Å². The van der Waals surface area contributed by atoms with Crippen molar-refractivity contribution in [3.8, 4) is 0 Å². The second kappa shape index (κ2) is 9.75. The molecule has 1 fully saturated rings. The van der Waals surface area contributed by atoms with Gasteiger partial charge in [-0.15, -0.1) is 24.0 Å². The van der Waals surface area contributed by atoms with Gasteiger partial charge in [0.15, 0.2) is 5.96 Å². The predicted octanol–water partition coefficient (Wildman–Crippen LogP) is 4.05. The van der Waals surface area contributed by atoms with E-state index in [1.165, 1.54) is 11.6 Å². The molecule has 2 aromatic carbocycles. The first-order valence-corrected chi connectivity index (χ1v) is 8.52. The Kier molecular flexibility index (Phi) is 7.68. The van der Waals surface area contributed by atoms with Crippen molar-refractivity contribution in [1.82, 2.24) is 10.2 Å². The Morgan fingerprint density at radius 2 is 1.88 bits per heavy atom. The standard InChI is InChI=1S/C20H24FN3.HI/c1-22-20(23-13-11-17-9-5-6-10-19(17)21)24-14-12-18(15-24)16-7-3-2-4-8-16;/h2-10,18H,11-15H2,1H3,(H,22,23);1H. The van der Waals surface area contributed by atoms with E-state index >= 15 is 0 Å². The monoisotopic (exact) mass is 453 g/mol. The summed E-state index contributed by atoms with van der Waals surface area (Å²) in [5, 5.41) is 3.37. The maximum absolute atomic E-state index is 13.7. The lowest BCUT2D eigenvalue weighted by atomic mass is 9.99. The smallest absolute Gasteiger partial charge is 0.193 e. The Bertz CT molecular complexity index is 690. The van der Waals surface area contributed by atoms with Crippen molar-refractivity contribution in [2.45, 2.75) is 18.8 Å². The molecule has 0 radical (unpaired) electrons. The van der Waals surface area contributed by atoms with Gasteiger partial charge in [-0.1, -0.05) is 48.5 Å². The maximum Gasteiger partial charge on any atom is 0.193 e. The number of likely N-dealkylation sites (tertiary alicyclic amines) is 1. The molecule has 1 unspecified atom stereocenters. The fourth-order valence-electron chi connectivity index (χ4n) is 3.29. The molecule has 1 aliphatic rings. The normalized spacial score (nSPS) is 17.3. The van der Waals surface area contributed by atoms with Gasteiger partial charge in [-0.2, -0.15) is 0 Å². The van der Waals surface area contributed by atoms with Crippen LogP contribution in [0.1, 0.15) is 23.5 Å². The number of aliphatic imine (C=N–C) groups is 1. The van der Waals surface area contributed by atoms with E-state index in [-0.39, 0.29) is 29.8 Å². The predicted molar refractivity (Wildman–Crippen MR) is 112 cm³/mol. The summed E-state index contributed by atoms with van der Waals surface area (Å²) < 4.78 is 13.7. The number of hydrogen-bond donors (Lipinski definition) is 1. The third kappa shape index (κ3) is 5.17. The first-order valence-electron chi connectivity index (χ1n) is 8.52. The van der Waals surface area contributed by atoms with Crippen LogP contribution in [0, 0.1) is 5.82 Å². The van der Waals surface area contributed by atoms with Crippen LogP contribution < -0.4 is 5.32 Å². The lowest BCUT2D eigenvalue weighted by Gasteiger charge is -2.22. The molecule has 0 amide bonds. The molecular formula is C20H25FIN3. The Morgan fingerprint density at radius 1 is 1.16 bits per heavy atom. The highest BCUT2D eigenvalue weighted by Crippen LogP contribution is 2.26. The van der Waals surface area contributed by atoms with Gasteiger partial charge in [-0.05, 0) is 30.0 Å². The van der Waals surface area contributed by atoms with Gasteiger partial charge in [-0.3, -0.25) is 4.99 Å². The molecule has 0 aromatic heterocycles. The quantitative estimate of drug-likeness (QED) is 0.430. The van der Waals surface area contributed by atoms with E-state index in [1.54, 1.807) is 13.1 Å². The topological polar surface area (TPSA) is 27.6 Å². The molecule has 3 rings (SSSR count). The first kappa shape index (κ1) is 19.7. The molecule has 1 N–H and O–H groups in total. The number of nitrogens with one attached hydrogen (secondary N) is 1. The molecule has 0 bridgehead atoms. The number of nitrogens with zero attached hydrogens (tertiary/aromatic N) is 2. The summed E-state index contributed by atoms with van der Waals surface area (Å²) in [6, 6.07) is 17.6. The third-order valence-electron chi connectivity index (χ3n) is 4.61. The fraction of sp³-hybridized carbons (Fsp3) is 0.350. The molecule has 0 saturated carbocycles. The molecule has 5 heteroatoms. The van der Waals surface area contributed by atoms with Crippen LogP contribution in [0.4, 0.5) is 4.39 Å². The van der Waals surface area contributed by atoms with Gasteiger partial charge in [0.25, 0.3) is 0 Å². The van der Waals surface area contributed by atoms with Crippen LogP contribution in [0.5, 0.6) is 0 Å². The minimum absolute atomic E-state index is 0. The Balaban J connectivity index is 0.00000225. The third-order valence-corrected chi connectivity index (χ3v) is 4.61. The number of guanidine groups is 1. The highest BCUT2D eigenvalue weighted by molar-refractivity contribution is 14.0. The molecule has 1 aliphatic heterocycles. The minimum Gasteiger partial charge on any atom is -0.356 e. The number of benzene rings is 2. The van der Waals surface area contributed by atoms with Gasteiger partial charge in [0.1, 0.15) is 5.82 Å². The average Bonchev–Trinajstić information content (AvgIpc) is 3.11. The number of halogens is 2. The van der Waals surface area contributed by atoms with Crippen LogP contribution in [0.2, 0.25) is 0 Å². The lowest BCUT2D eigenvalue weighted by molar-refractivity contribution is 0.486. The lowest BCUT2D eigenvalue weighted by Crippen LogP contribution is -2.40. The van der Waals surface area contributed by atoms with Gasteiger partial charge >= 0.3 is 0 Å². The molecule has 134 valence electrons. The summed E-state index contributed by atoms with van der Waals surface area (Å²) in [6.45, 7) is 2.66. The highest BCUT2D eigenvalue weighted by Gasteiger charge is 2.25. The van der Waals surface area contributed by atoms with Crippen LogP contribution in [0.3, 0.4) is 0 Å². The van der Waals surface area contributed by atoms with Crippen molar-refractivity contribution in [1.29, 1.82) is 0 Å². The minimum atomic E-state index is -0.139. The van der Waals surface area contributed by atoms with E-state index in [2.05, 4.69) is 45.5 Å². The van der Waals surface area contributed by atoms with Crippen molar-refractivity contribution in [2.75, 3.05) is 26.7 Å². The molecule has 2 aromatic rings. The van der Waals surface area contributed by atoms with E-state index < -0.39 is 0 Å². The van der Waals surface area contributed by atoms with Gasteiger partial charge in [0, 0.05) is 32.6 Å². The second-order valence-electron chi connectivity index (χ2n) is 6.16. The summed E-state index contributed by atoms with van der Waals surface area (Å²) >= 11 is 0. The van der Waals surface area contributed by atoms with E-state index in [1.807, 2.05) is 12.1 Å². The molecule has 0 spiro atoms. The van der Waals surface area contributed by atoms with E-state index in [4.69, 9.17) is 0 Å². The average molecular weight is 453 g/mol. The van der Waals surface area contributed by atoms with Gasteiger partial charge in [0.05, 0.1) is 0 Å². The highest BCUT2D eigenvalue weighted by atomic mass is 127. The summed E-state index contributed by atoms with van der Waals surface area (Å²) in [4.78, 5) is 6.68. The van der Waals surface area contributed by atoms with Crippen LogP contribution in [0.25, 0.3) is 0 Å². The van der Waals surface area contributed by atoms with E-state index in [0.717, 1.165) is 31.0 Å². The SMILES string of the molecule is CN=C(NCCc1ccccc1F)N1CCC(c2ccccc2)C1.I. The van der Waals surface area contributed by atoms with Crippen molar-refractivity contribution in [2.24, 2.45) is 4.99 Å². The zero-order valence-corrected chi connectivity index (χ0v) is 16.8. The maximum atomic E-state index is 13.7. The summed E-state index contributed by atoms with van der Waals surface area (Å²) in [5.41, 5.74) is 2.13. The summed E-state index contributed by atoms with van der Waals surface area (Å²) in [5.74, 6) is 1.32. The van der Waals surface area contributed by atoms with Gasteiger partial charge in [-0.25, -0.2) is 4.39 Å². The largest absolute Gasteiger partial charge is 0.356 e. The molecule has 1 heterocycles. The van der Waals surface area contributed by atoms with Crippen LogP contribution in [-0.4, -0.2) is 37.5 Å². The summed E-state index contributed by atoms with van der Waals surface area (Å²) in [6.07, 6.45) is 1.79. The van der Waals surface area contributed by atoms with Crippen LogP contribution in [0.15, 0.2) is 59.6 Å². The van der Waals surface area contributed by atoms with Crippen molar-refractivity contribution in [3.63, 3.8) is 0 Å². The molecule has 0 aliphatic carbocycles. The van der Waals surface area contributed by atoms with Crippen LogP contribution >= 0.6 is 24.0 Å². The Labute approximate surface area is 166 Å². The van der Waals surface area contributed by atoms with Crippen LogP contribution in [-0.2, 0) is 6.42 Å². The van der Waals surface area contributed by atoms with E-state index in [0.29, 0.717) is 18.9 Å². The zero-order valence-electron chi connectivity index (χ0n) is 14.5. The van der Waals surface area contributed by atoms with Crippen molar-refractivity contribution < 1.29 is 4.39 Å². The molecular weight excluding hydrogens is 428 g/mol. The molecule has 1 saturated heterocycles. The number of hydrogen-bond acceptors (Lipinski definition) is 1. The Hall–Kier alpha value is -1.63. The van der Waals surface area contributed by atoms with Crippen molar-refractivity contribution in [3.05, 3.63) is 71.5 Å². The Morgan fingerprint density at radius 3 is 2.60 bits per heavy atom.